The highest BCUT2D eigenvalue weighted by atomic mass is 16.5. The van der Waals surface area contributed by atoms with Crippen molar-refractivity contribution in [2.45, 2.75) is 59.0 Å². The van der Waals surface area contributed by atoms with Crippen molar-refractivity contribution in [1.82, 2.24) is 0 Å². The van der Waals surface area contributed by atoms with Crippen LogP contribution in [0.3, 0.4) is 0 Å². The molecule has 1 aromatic rings. The van der Waals surface area contributed by atoms with E-state index < -0.39 is 0 Å². The summed E-state index contributed by atoms with van der Waals surface area (Å²) in [6.45, 7) is 8.61. The standard InChI is InChI=1S/C21H28O2/c1-16(2)7-5-8-17(3)9-6-13-21(4)14-12-18-15-19(22)10-11-20(18)23-21/h7,9-12,14-15,22H,5-6,8,13H2,1-4H3/b17-9-. The van der Waals surface area contributed by atoms with Crippen LogP contribution in [0.5, 0.6) is 11.5 Å². The highest BCUT2D eigenvalue weighted by Crippen LogP contribution is 2.35. The molecule has 0 saturated heterocycles. The van der Waals surface area contributed by atoms with Gasteiger partial charge in [0.05, 0.1) is 0 Å². The summed E-state index contributed by atoms with van der Waals surface area (Å²) in [5, 5.41) is 9.52. The van der Waals surface area contributed by atoms with Crippen LogP contribution in [0.4, 0.5) is 0 Å². The lowest BCUT2D eigenvalue weighted by Crippen LogP contribution is -2.31. The van der Waals surface area contributed by atoms with Crippen molar-refractivity contribution in [1.29, 1.82) is 0 Å². The van der Waals surface area contributed by atoms with Gasteiger partial charge in [0.25, 0.3) is 0 Å². The van der Waals surface area contributed by atoms with Crippen LogP contribution in [0.15, 0.2) is 47.6 Å². The van der Waals surface area contributed by atoms with Crippen molar-refractivity contribution >= 4 is 6.08 Å². The summed E-state index contributed by atoms with van der Waals surface area (Å²) in [7, 11) is 0. The Morgan fingerprint density at radius 3 is 2.70 bits per heavy atom. The second-order valence-electron chi connectivity index (χ2n) is 6.88. The number of phenolic OH excluding ortho intramolecular Hbond substituents is 1. The normalized spacial score (nSPS) is 19.9. The lowest BCUT2D eigenvalue weighted by Gasteiger charge is -2.31. The van der Waals surface area contributed by atoms with E-state index in [2.05, 4.69) is 45.9 Å². The van der Waals surface area contributed by atoms with Gasteiger partial charge in [-0.2, -0.15) is 0 Å². The monoisotopic (exact) mass is 312 g/mol. The van der Waals surface area contributed by atoms with Crippen molar-refractivity contribution in [3.63, 3.8) is 0 Å². The molecule has 0 aromatic heterocycles. The molecule has 1 heterocycles. The van der Waals surface area contributed by atoms with Crippen molar-refractivity contribution in [3.05, 3.63) is 53.1 Å². The first-order valence-corrected chi connectivity index (χ1v) is 8.38. The highest BCUT2D eigenvalue weighted by molar-refractivity contribution is 5.62. The van der Waals surface area contributed by atoms with Crippen LogP contribution in [0.25, 0.3) is 6.08 Å². The molecular weight excluding hydrogens is 284 g/mol. The fourth-order valence-corrected chi connectivity index (χ4v) is 2.74. The number of fused-ring (bicyclic) bond motifs is 1. The zero-order valence-corrected chi connectivity index (χ0v) is 14.7. The average Bonchev–Trinajstić information content (AvgIpc) is 2.47. The van der Waals surface area contributed by atoms with Gasteiger partial charge in [-0.1, -0.05) is 29.4 Å². The minimum atomic E-state index is -0.277. The minimum Gasteiger partial charge on any atom is -0.508 e. The SMILES string of the molecule is CC(C)=CCC/C(C)=C\CCC1(C)C=Cc2cc(O)ccc2O1. The molecule has 2 rings (SSSR count). The number of aromatic hydroxyl groups is 1. The second kappa shape index (κ2) is 7.54. The van der Waals surface area contributed by atoms with E-state index in [9.17, 15) is 5.11 Å². The molecule has 124 valence electrons. The summed E-state index contributed by atoms with van der Waals surface area (Å²) in [5.74, 6) is 1.12. The molecule has 1 aromatic carbocycles. The molecule has 2 nitrogen and oxygen atoms in total. The third-order valence-electron chi connectivity index (χ3n) is 4.18. The van der Waals surface area contributed by atoms with E-state index in [0.717, 1.165) is 37.0 Å². The van der Waals surface area contributed by atoms with Gasteiger partial charge < -0.3 is 9.84 Å². The van der Waals surface area contributed by atoms with Crippen LogP contribution < -0.4 is 4.74 Å². The Morgan fingerprint density at radius 1 is 1.17 bits per heavy atom. The van der Waals surface area contributed by atoms with Crippen molar-refractivity contribution in [2.24, 2.45) is 0 Å². The van der Waals surface area contributed by atoms with Crippen molar-refractivity contribution in [3.8, 4) is 11.5 Å². The average molecular weight is 312 g/mol. The smallest absolute Gasteiger partial charge is 0.128 e. The molecular formula is C21H28O2. The van der Waals surface area contributed by atoms with E-state index in [1.54, 1.807) is 12.1 Å². The molecule has 0 radical (unpaired) electrons. The van der Waals surface area contributed by atoms with Gasteiger partial charge in [-0.25, -0.2) is 0 Å². The molecule has 2 heteroatoms. The Hall–Kier alpha value is -1.96. The number of hydrogen-bond donors (Lipinski definition) is 1. The third-order valence-corrected chi connectivity index (χ3v) is 4.18. The van der Waals surface area contributed by atoms with Gasteiger partial charge in [-0.15, -0.1) is 0 Å². The minimum absolute atomic E-state index is 0.274. The number of benzene rings is 1. The quantitative estimate of drug-likeness (QED) is 0.650. The molecule has 1 aliphatic heterocycles. The first-order valence-electron chi connectivity index (χ1n) is 8.38. The fraction of sp³-hybridized carbons (Fsp3) is 0.429. The summed E-state index contributed by atoms with van der Waals surface area (Å²) >= 11 is 0. The number of rotatable bonds is 6. The van der Waals surface area contributed by atoms with Gasteiger partial charge in [0, 0.05) is 5.56 Å². The van der Waals surface area contributed by atoms with E-state index >= 15 is 0 Å². The van der Waals surface area contributed by atoms with Crippen LogP contribution in [0.2, 0.25) is 0 Å². The van der Waals surface area contributed by atoms with E-state index in [1.807, 2.05) is 12.1 Å². The van der Waals surface area contributed by atoms with Crippen molar-refractivity contribution in [2.75, 3.05) is 0 Å². The van der Waals surface area contributed by atoms with Crippen LogP contribution in [0, 0.1) is 0 Å². The molecule has 0 spiro atoms. The zero-order valence-electron chi connectivity index (χ0n) is 14.7. The summed E-state index contributed by atoms with van der Waals surface area (Å²) < 4.78 is 6.13. The maximum atomic E-state index is 9.52. The molecule has 0 bridgehead atoms. The maximum absolute atomic E-state index is 9.52. The topological polar surface area (TPSA) is 29.5 Å². The summed E-state index contributed by atoms with van der Waals surface area (Å²) in [4.78, 5) is 0. The zero-order chi connectivity index (χ0) is 16.9. The van der Waals surface area contributed by atoms with Gasteiger partial charge >= 0.3 is 0 Å². The molecule has 23 heavy (non-hydrogen) atoms. The van der Waals surface area contributed by atoms with E-state index in [1.165, 1.54) is 11.1 Å². The maximum Gasteiger partial charge on any atom is 0.128 e. The number of ether oxygens (including phenoxy) is 1. The second-order valence-corrected chi connectivity index (χ2v) is 6.88. The fourth-order valence-electron chi connectivity index (χ4n) is 2.74. The number of hydrogen-bond acceptors (Lipinski definition) is 2. The largest absolute Gasteiger partial charge is 0.508 e. The van der Waals surface area contributed by atoms with E-state index in [-0.39, 0.29) is 11.4 Å². The molecule has 0 fully saturated rings. The Bertz CT molecular complexity index is 633. The van der Waals surface area contributed by atoms with E-state index in [0.29, 0.717) is 0 Å². The third kappa shape index (κ3) is 5.31. The Balaban J connectivity index is 1.89. The Kier molecular flexibility index (Phi) is 5.70. The lowest BCUT2D eigenvalue weighted by molar-refractivity contribution is 0.128. The van der Waals surface area contributed by atoms with Crippen LogP contribution in [-0.2, 0) is 0 Å². The first kappa shape index (κ1) is 17.4. The molecule has 1 unspecified atom stereocenters. The predicted octanol–water partition coefficient (Wildman–Crippen LogP) is 6.03. The van der Waals surface area contributed by atoms with Gasteiger partial charge in [0.1, 0.15) is 17.1 Å². The predicted molar refractivity (Wildman–Crippen MR) is 97.8 cm³/mol. The molecule has 0 amide bonds. The highest BCUT2D eigenvalue weighted by Gasteiger charge is 2.26. The molecule has 0 aliphatic carbocycles. The summed E-state index contributed by atoms with van der Waals surface area (Å²) in [5.41, 5.74) is 3.49. The Labute approximate surface area is 140 Å². The number of allylic oxidation sites excluding steroid dienone is 4. The number of phenols is 1. The van der Waals surface area contributed by atoms with Gasteiger partial charge in [-0.3, -0.25) is 0 Å². The van der Waals surface area contributed by atoms with Gasteiger partial charge in [0.2, 0.25) is 0 Å². The molecule has 1 aliphatic rings. The van der Waals surface area contributed by atoms with Crippen LogP contribution in [0.1, 0.15) is 58.9 Å². The van der Waals surface area contributed by atoms with Crippen molar-refractivity contribution < 1.29 is 9.84 Å². The van der Waals surface area contributed by atoms with E-state index in [4.69, 9.17) is 4.74 Å². The molecule has 1 atom stereocenters. The molecule has 1 N–H and O–H groups in total. The van der Waals surface area contributed by atoms with Crippen LogP contribution >= 0.6 is 0 Å². The summed E-state index contributed by atoms with van der Waals surface area (Å²) in [6, 6.07) is 5.25. The lowest BCUT2D eigenvalue weighted by atomic mass is 9.94. The first-order chi connectivity index (χ1) is 10.9. The molecule has 0 saturated carbocycles. The van der Waals surface area contributed by atoms with Gasteiger partial charge in [0.15, 0.2) is 0 Å². The Morgan fingerprint density at radius 2 is 1.96 bits per heavy atom. The van der Waals surface area contributed by atoms with Gasteiger partial charge in [-0.05, 0) is 77.7 Å². The van der Waals surface area contributed by atoms with Crippen LogP contribution in [-0.4, -0.2) is 10.7 Å². The summed E-state index contributed by atoms with van der Waals surface area (Å²) in [6.07, 6.45) is 13.0.